The number of carbonyl (C=O) groups excluding carboxylic acids is 1. The van der Waals surface area contributed by atoms with E-state index in [1.807, 2.05) is 0 Å². The summed E-state index contributed by atoms with van der Waals surface area (Å²) in [4.78, 5) is 14.6. The molecule has 0 aliphatic carbocycles. The topological polar surface area (TPSA) is 62.5 Å². The summed E-state index contributed by atoms with van der Waals surface area (Å²) in [6, 6.07) is 3.33. The van der Waals surface area contributed by atoms with Crippen molar-refractivity contribution in [1.29, 1.82) is 0 Å². The van der Waals surface area contributed by atoms with Gasteiger partial charge in [-0.1, -0.05) is 5.16 Å². The lowest BCUT2D eigenvalue weighted by atomic mass is 10.1. The molecular weight excluding hydrogens is 156 g/mol. The van der Waals surface area contributed by atoms with Crippen molar-refractivity contribution in [2.75, 3.05) is 0 Å². The first-order valence-corrected chi connectivity index (χ1v) is 3.39. The van der Waals surface area contributed by atoms with Crippen molar-refractivity contribution in [2.24, 2.45) is 5.16 Å². The fourth-order valence-electron chi connectivity index (χ4n) is 0.834. The maximum absolute atomic E-state index is 10.9. The standard InChI is InChI=1S/C8H8N2O2/c1-6(11)8(10-12)7-3-2-4-9-5-7/h2-5,12H,1H3/b10-8-. The molecule has 0 bridgehead atoms. The van der Waals surface area contributed by atoms with Crippen LogP contribution < -0.4 is 0 Å². The smallest absolute Gasteiger partial charge is 0.182 e. The molecule has 4 heteroatoms. The molecule has 0 fully saturated rings. The predicted octanol–water partition coefficient (Wildman–Crippen LogP) is 0.849. The van der Waals surface area contributed by atoms with Crippen molar-refractivity contribution in [2.45, 2.75) is 6.92 Å². The first-order valence-electron chi connectivity index (χ1n) is 3.39. The first-order chi connectivity index (χ1) is 5.75. The molecule has 0 spiro atoms. The zero-order chi connectivity index (χ0) is 8.97. The van der Waals surface area contributed by atoms with Gasteiger partial charge in [0.15, 0.2) is 11.5 Å². The third-order valence-corrected chi connectivity index (χ3v) is 1.37. The van der Waals surface area contributed by atoms with Crippen molar-refractivity contribution in [3.63, 3.8) is 0 Å². The van der Waals surface area contributed by atoms with Crippen LogP contribution in [0.4, 0.5) is 0 Å². The molecule has 0 aliphatic rings. The van der Waals surface area contributed by atoms with Gasteiger partial charge in [-0.05, 0) is 12.1 Å². The van der Waals surface area contributed by atoms with Crippen molar-refractivity contribution in [3.8, 4) is 0 Å². The van der Waals surface area contributed by atoms with Gasteiger partial charge in [-0.2, -0.15) is 0 Å². The van der Waals surface area contributed by atoms with Gasteiger partial charge in [0.05, 0.1) is 0 Å². The van der Waals surface area contributed by atoms with E-state index in [4.69, 9.17) is 5.21 Å². The van der Waals surface area contributed by atoms with Crippen molar-refractivity contribution in [3.05, 3.63) is 30.1 Å². The number of hydrogen-bond donors (Lipinski definition) is 1. The zero-order valence-electron chi connectivity index (χ0n) is 6.56. The largest absolute Gasteiger partial charge is 0.410 e. The van der Waals surface area contributed by atoms with E-state index < -0.39 is 0 Å². The lowest BCUT2D eigenvalue weighted by Gasteiger charge is -1.97. The van der Waals surface area contributed by atoms with E-state index in [0.29, 0.717) is 5.56 Å². The van der Waals surface area contributed by atoms with Gasteiger partial charge in [-0.15, -0.1) is 0 Å². The normalized spacial score (nSPS) is 11.2. The Bertz CT molecular complexity index is 306. The second kappa shape index (κ2) is 3.61. The summed E-state index contributed by atoms with van der Waals surface area (Å²) >= 11 is 0. The molecule has 0 unspecified atom stereocenters. The number of aromatic nitrogens is 1. The summed E-state index contributed by atoms with van der Waals surface area (Å²) in [5.74, 6) is -0.287. The summed E-state index contributed by atoms with van der Waals surface area (Å²) in [5.41, 5.74) is 0.551. The second-order valence-corrected chi connectivity index (χ2v) is 2.25. The van der Waals surface area contributed by atoms with Gasteiger partial charge in [0, 0.05) is 24.9 Å². The number of pyridine rings is 1. The van der Waals surface area contributed by atoms with Crippen molar-refractivity contribution >= 4 is 11.5 Å². The van der Waals surface area contributed by atoms with Crippen LogP contribution in [0, 0.1) is 0 Å². The number of carbonyl (C=O) groups is 1. The Morgan fingerprint density at radius 2 is 2.42 bits per heavy atom. The van der Waals surface area contributed by atoms with Crippen LogP contribution in [0.2, 0.25) is 0 Å². The lowest BCUT2D eigenvalue weighted by Crippen LogP contribution is -2.11. The number of Topliss-reactive ketones (excluding diaryl/α,β-unsaturated/α-hetero) is 1. The maximum Gasteiger partial charge on any atom is 0.182 e. The highest BCUT2D eigenvalue weighted by Gasteiger charge is 2.08. The monoisotopic (exact) mass is 164 g/mol. The van der Waals surface area contributed by atoms with E-state index in [1.54, 1.807) is 18.3 Å². The zero-order valence-corrected chi connectivity index (χ0v) is 6.56. The van der Waals surface area contributed by atoms with Crippen LogP contribution in [0.1, 0.15) is 12.5 Å². The van der Waals surface area contributed by atoms with Crippen LogP contribution in [0.3, 0.4) is 0 Å². The Kier molecular flexibility index (Phi) is 2.53. The molecule has 0 atom stereocenters. The van der Waals surface area contributed by atoms with E-state index in [2.05, 4.69) is 10.1 Å². The molecule has 62 valence electrons. The van der Waals surface area contributed by atoms with Gasteiger partial charge in [0.2, 0.25) is 0 Å². The fraction of sp³-hybridized carbons (Fsp3) is 0.125. The van der Waals surface area contributed by atoms with E-state index in [9.17, 15) is 4.79 Å². The molecule has 0 aliphatic heterocycles. The number of hydrogen-bond acceptors (Lipinski definition) is 4. The second-order valence-electron chi connectivity index (χ2n) is 2.25. The molecule has 0 saturated heterocycles. The molecule has 1 heterocycles. The van der Waals surface area contributed by atoms with Gasteiger partial charge in [-0.3, -0.25) is 9.78 Å². The van der Waals surface area contributed by atoms with Crippen molar-refractivity contribution < 1.29 is 10.0 Å². The molecule has 1 N–H and O–H groups in total. The third kappa shape index (κ3) is 1.66. The molecule has 12 heavy (non-hydrogen) atoms. The Labute approximate surface area is 69.6 Å². The first kappa shape index (κ1) is 8.39. The molecule has 0 aromatic carbocycles. The van der Waals surface area contributed by atoms with Gasteiger partial charge in [0.25, 0.3) is 0 Å². The highest BCUT2D eigenvalue weighted by atomic mass is 16.4. The quantitative estimate of drug-likeness (QED) is 0.400. The SMILES string of the molecule is CC(=O)/C(=N/O)c1cccnc1. The predicted molar refractivity (Wildman–Crippen MR) is 43.2 cm³/mol. The molecule has 0 amide bonds. The molecule has 0 saturated carbocycles. The summed E-state index contributed by atoms with van der Waals surface area (Å²) in [7, 11) is 0. The van der Waals surface area contributed by atoms with Crippen LogP contribution in [0.15, 0.2) is 29.7 Å². The van der Waals surface area contributed by atoms with E-state index in [0.717, 1.165) is 0 Å². The number of oxime groups is 1. The Morgan fingerprint density at radius 3 is 2.83 bits per heavy atom. The number of nitrogens with zero attached hydrogens (tertiary/aromatic N) is 2. The van der Waals surface area contributed by atoms with Crippen LogP contribution >= 0.6 is 0 Å². The van der Waals surface area contributed by atoms with Gasteiger partial charge in [0.1, 0.15) is 0 Å². The number of rotatable bonds is 2. The van der Waals surface area contributed by atoms with Gasteiger partial charge < -0.3 is 5.21 Å². The summed E-state index contributed by atoms with van der Waals surface area (Å²) < 4.78 is 0. The molecule has 0 radical (unpaired) electrons. The summed E-state index contributed by atoms with van der Waals surface area (Å²) in [5, 5.41) is 11.4. The highest BCUT2D eigenvalue weighted by molar-refractivity contribution is 6.45. The number of ketones is 1. The lowest BCUT2D eigenvalue weighted by molar-refractivity contribution is -0.111. The summed E-state index contributed by atoms with van der Waals surface area (Å²) in [6.45, 7) is 1.34. The highest BCUT2D eigenvalue weighted by Crippen LogP contribution is 1.99. The van der Waals surface area contributed by atoms with Crippen LogP contribution in [0.5, 0.6) is 0 Å². The molecule has 1 rings (SSSR count). The fourth-order valence-corrected chi connectivity index (χ4v) is 0.834. The summed E-state index contributed by atoms with van der Waals surface area (Å²) in [6.07, 6.45) is 3.05. The Hall–Kier alpha value is -1.71. The average molecular weight is 164 g/mol. The van der Waals surface area contributed by atoms with Crippen LogP contribution in [-0.2, 0) is 4.79 Å². The third-order valence-electron chi connectivity index (χ3n) is 1.37. The minimum absolute atomic E-state index is 0.0306. The minimum atomic E-state index is -0.287. The van der Waals surface area contributed by atoms with E-state index in [-0.39, 0.29) is 11.5 Å². The van der Waals surface area contributed by atoms with Crippen LogP contribution in [-0.4, -0.2) is 21.7 Å². The Morgan fingerprint density at radius 1 is 1.67 bits per heavy atom. The maximum atomic E-state index is 10.9. The van der Waals surface area contributed by atoms with Crippen LogP contribution in [0.25, 0.3) is 0 Å². The van der Waals surface area contributed by atoms with Gasteiger partial charge in [-0.25, -0.2) is 0 Å². The van der Waals surface area contributed by atoms with Gasteiger partial charge >= 0.3 is 0 Å². The minimum Gasteiger partial charge on any atom is -0.410 e. The average Bonchev–Trinajstić information content (AvgIpc) is 2.07. The molecule has 1 aromatic heterocycles. The van der Waals surface area contributed by atoms with E-state index >= 15 is 0 Å². The molecule has 4 nitrogen and oxygen atoms in total. The molecule has 1 aromatic rings. The van der Waals surface area contributed by atoms with E-state index in [1.165, 1.54) is 13.1 Å². The molecular formula is C8H8N2O2. The van der Waals surface area contributed by atoms with Crippen molar-refractivity contribution in [1.82, 2.24) is 4.98 Å². The Balaban J connectivity index is 3.05.